The van der Waals surface area contributed by atoms with Crippen molar-refractivity contribution in [3.05, 3.63) is 93.5 Å². The number of aromatic hydroxyl groups is 2. The predicted molar refractivity (Wildman–Crippen MR) is 129 cm³/mol. The summed E-state index contributed by atoms with van der Waals surface area (Å²) in [5.74, 6) is -0.563. The van der Waals surface area contributed by atoms with Gasteiger partial charge in [-0.3, -0.25) is 0 Å². The molecule has 0 aliphatic heterocycles. The van der Waals surface area contributed by atoms with Crippen molar-refractivity contribution in [3.63, 3.8) is 0 Å². The van der Waals surface area contributed by atoms with Crippen LogP contribution in [0.4, 0.5) is 0 Å². The van der Waals surface area contributed by atoms with Crippen LogP contribution in [0.5, 0.6) is 11.5 Å². The van der Waals surface area contributed by atoms with Gasteiger partial charge in [0.2, 0.25) is 0 Å². The van der Waals surface area contributed by atoms with Crippen molar-refractivity contribution in [2.45, 2.75) is 16.9 Å². The number of alkyl halides is 2. The Morgan fingerprint density at radius 2 is 1.45 bits per heavy atom. The molecule has 8 heteroatoms. The van der Waals surface area contributed by atoms with Crippen LogP contribution < -0.4 is 5.32 Å². The lowest BCUT2D eigenvalue weighted by Crippen LogP contribution is -2.16. The molecule has 3 rings (SSSR count). The number of likely N-dealkylation sites (N-methyl/N-ethyl adjacent to an activating group) is 1. The van der Waals surface area contributed by atoms with Gasteiger partial charge in [-0.25, -0.2) is 0 Å². The van der Waals surface area contributed by atoms with E-state index in [0.29, 0.717) is 22.2 Å². The minimum Gasteiger partial charge on any atom is -0.504 e. The quantitative estimate of drug-likeness (QED) is 0.236. The summed E-state index contributed by atoms with van der Waals surface area (Å²) >= 11 is 24.3. The third-order valence-electron chi connectivity index (χ3n) is 4.50. The minimum absolute atomic E-state index is 0.167. The lowest BCUT2D eigenvalue weighted by molar-refractivity contribution is 0.177. The number of benzene rings is 3. The van der Waals surface area contributed by atoms with Crippen LogP contribution in [0.2, 0.25) is 10.0 Å². The van der Waals surface area contributed by atoms with E-state index >= 15 is 0 Å². The smallest absolute Gasteiger partial charge is 0.157 e. The summed E-state index contributed by atoms with van der Waals surface area (Å²) in [5, 5.41) is 31.8. The van der Waals surface area contributed by atoms with Gasteiger partial charge in [0.25, 0.3) is 0 Å². The monoisotopic (exact) mass is 501 g/mol. The highest BCUT2D eigenvalue weighted by molar-refractivity contribution is 6.45. The molecule has 4 N–H and O–H groups in total. The van der Waals surface area contributed by atoms with Gasteiger partial charge in [-0.1, -0.05) is 59.6 Å². The number of halogens is 4. The lowest BCUT2D eigenvalue weighted by Gasteiger charge is -2.20. The Labute approximate surface area is 202 Å². The maximum Gasteiger partial charge on any atom is 0.157 e. The van der Waals surface area contributed by atoms with Gasteiger partial charge >= 0.3 is 0 Å². The average Bonchev–Trinajstić information content (AvgIpc) is 2.73. The van der Waals surface area contributed by atoms with Crippen LogP contribution >= 0.6 is 46.4 Å². The Bertz CT molecular complexity index is 967. The van der Waals surface area contributed by atoms with Crippen LogP contribution in [0.15, 0.2) is 66.7 Å². The number of phenols is 2. The number of hydrogen-bond donors (Lipinski definition) is 4. The van der Waals surface area contributed by atoms with E-state index in [0.717, 1.165) is 11.1 Å². The fraction of sp³-hybridized carbons (Fsp3) is 0.217. The zero-order valence-corrected chi connectivity index (χ0v) is 19.7. The van der Waals surface area contributed by atoms with Crippen LogP contribution in [0, 0.1) is 0 Å². The zero-order valence-electron chi connectivity index (χ0n) is 16.6. The molecule has 1 unspecified atom stereocenters. The van der Waals surface area contributed by atoms with E-state index in [2.05, 4.69) is 5.32 Å². The molecular formula is C23H23Cl4NO3. The van der Waals surface area contributed by atoms with Crippen LogP contribution in [0.3, 0.4) is 0 Å². The Morgan fingerprint density at radius 1 is 0.839 bits per heavy atom. The Hall–Kier alpha value is -1.66. The van der Waals surface area contributed by atoms with E-state index in [1.54, 1.807) is 13.1 Å². The maximum absolute atomic E-state index is 9.48. The molecule has 166 valence electrons. The summed E-state index contributed by atoms with van der Waals surface area (Å²) in [5.41, 5.74) is 2.48. The summed E-state index contributed by atoms with van der Waals surface area (Å²) in [6, 6.07) is 19.3. The van der Waals surface area contributed by atoms with Gasteiger partial charge in [0.15, 0.2) is 11.5 Å². The molecule has 0 heterocycles. The lowest BCUT2D eigenvalue weighted by atomic mass is 9.93. The molecule has 3 aromatic rings. The molecule has 0 aliphatic rings. The van der Waals surface area contributed by atoms with E-state index in [1.165, 1.54) is 12.1 Å². The van der Waals surface area contributed by atoms with Gasteiger partial charge in [-0.05, 0) is 54.1 Å². The molecule has 2 atom stereocenters. The zero-order chi connectivity index (χ0) is 23.0. The van der Waals surface area contributed by atoms with Crippen LogP contribution in [0.1, 0.15) is 28.7 Å². The van der Waals surface area contributed by atoms with Crippen molar-refractivity contribution in [1.29, 1.82) is 0 Å². The largest absolute Gasteiger partial charge is 0.504 e. The SMILES string of the molecule is CNC[C@H](O)c1ccc(O)c(O)c1.Clc1ccc(C(c2ccccc2Cl)C(Cl)Cl)cc1. The van der Waals surface area contributed by atoms with Crippen LogP contribution in [-0.2, 0) is 0 Å². The first-order valence-electron chi connectivity index (χ1n) is 9.37. The molecule has 0 bridgehead atoms. The minimum atomic E-state index is -0.670. The molecule has 0 amide bonds. The summed E-state index contributed by atoms with van der Waals surface area (Å²) in [6.07, 6.45) is -0.670. The number of hydrogen-bond acceptors (Lipinski definition) is 4. The van der Waals surface area contributed by atoms with Crippen LogP contribution in [-0.4, -0.2) is 33.7 Å². The molecular weight excluding hydrogens is 480 g/mol. The molecule has 0 aromatic heterocycles. The second kappa shape index (κ2) is 12.4. The van der Waals surface area contributed by atoms with Crippen molar-refractivity contribution >= 4 is 46.4 Å². The molecule has 31 heavy (non-hydrogen) atoms. The molecule has 0 saturated heterocycles. The number of aliphatic hydroxyl groups excluding tert-OH is 1. The van der Waals surface area contributed by atoms with Crippen molar-refractivity contribution in [2.24, 2.45) is 0 Å². The molecule has 4 nitrogen and oxygen atoms in total. The van der Waals surface area contributed by atoms with Gasteiger partial charge in [0.05, 0.1) is 6.10 Å². The van der Waals surface area contributed by atoms with Gasteiger partial charge in [0.1, 0.15) is 4.84 Å². The first-order valence-corrected chi connectivity index (χ1v) is 11.0. The molecule has 0 saturated carbocycles. The van der Waals surface area contributed by atoms with Gasteiger partial charge in [0, 0.05) is 22.5 Å². The van der Waals surface area contributed by atoms with Crippen LogP contribution in [0.25, 0.3) is 0 Å². The highest BCUT2D eigenvalue weighted by atomic mass is 35.5. The summed E-state index contributed by atoms with van der Waals surface area (Å²) in [4.78, 5) is -0.578. The van der Waals surface area contributed by atoms with E-state index in [-0.39, 0.29) is 17.4 Å². The Balaban J connectivity index is 0.000000233. The van der Waals surface area contributed by atoms with Gasteiger partial charge in [-0.15, -0.1) is 23.2 Å². The second-order valence-corrected chi connectivity index (χ2v) is 8.71. The molecule has 0 radical (unpaired) electrons. The number of aliphatic hydroxyl groups is 1. The highest BCUT2D eigenvalue weighted by Gasteiger charge is 2.23. The van der Waals surface area contributed by atoms with Crippen molar-refractivity contribution in [3.8, 4) is 11.5 Å². The third-order valence-corrected chi connectivity index (χ3v) is 5.60. The summed E-state index contributed by atoms with van der Waals surface area (Å²) in [7, 11) is 1.73. The van der Waals surface area contributed by atoms with E-state index in [1.807, 2.05) is 48.5 Å². The van der Waals surface area contributed by atoms with Gasteiger partial charge in [-0.2, -0.15) is 0 Å². The van der Waals surface area contributed by atoms with Crippen molar-refractivity contribution in [1.82, 2.24) is 5.32 Å². The first kappa shape index (κ1) is 25.6. The van der Waals surface area contributed by atoms with Gasteiger partial charge < -0.3 is 20.6 Å². The summed E-state index contributed by atoms with van der Waals surface area (Å²) in [6.45, 7) is 0.407. The Kier molecular flexibility index (Phi) is 10.2. The highest BCUT2D eigenvalue weighted by Crippen LogP contribution is 2.37. The molecule has 0 fully saturated rings. The van der Waals surface area contributed by atoms with Crippen molar-refractivity contribution < 1.29 is 15.3 Å². The van der Waals surface area contributed by atoms with E-state index in [4.69, 9.17) is 56.6 Å². The Morgan fingerprint density at radius 3 is 2.00 bits per heavy atom. The summed E-state index contributed by atoms with van der Waals surface area (Å²) < 4.78 is 0. The first-order chi connectivity index (χ1) is 14.7. The van der Waals surface area contributed by atoms with E-state index < -0.39 is 10.9 Å². The predicted octanol–water partition coefficient (Wildman–Crippen LogP) is 6.28. The standard InChI is InChI=1S/C14H10Cl4.C9H13NO3/c15-10-7-5-9(6-8-10)13(14(17)18)11-3-1-2-4-12(11)16;1-10-5-9(13)6-2-3-7(11)8(12)4-6/h1-8,13-14H;2-4,9-13H,5H2,1H3/t;9-/m.0/s1. The molecule has 0 spiro atoms. The fourth-order valence-corrected chi connectivity index (χ4v) is 3.86. The fourth-order valence-electron chi connectivity index (χ4n) is 2.92. The number of rotatable bonds is 6. The molecule has 0 aliphatic carbocycles. The normalized spacial score (nSPS) is 12.7. The topological polar surface area (TPSA) is 72.7 Å². The van der Waals surface area contributed by atoms with Crippen molar-refractivity contribution in [2.75, 3.05) is 13.6 Å². The average molecular weight is 503 g/mol. The molecule has 3 aromatic carbocycles. The third kappa shape index (κ3) is 7.46. The second-order valence-electron chi connectivity index (χ2n) is 6.71. The van der Waals surface area contributed by atoms with E-state index in [9.17, 15) is 5.11 Å². The number of phenolic OH excluding ortho intramolecular Hbond substituents is 2. The maximum atomic E-state index is 9.48. The number of nitrogens with one attached hydrogen (secondary N) is 1.